The topological polar surface area (TPSA) is 123 Å². The van der Waals surface area contributed by atoms with Crippen LogP contribution in [-0.2, 0) is 37.6 Å². The molecule has 0 spiro atoms. The number of anilines is 1. The Morgan fingerprint density at radius 2 is 1.36 bits per heavy atom. The molecular formula is C39H62MnN5O5. The van der Waals surface area contributed by atoms with Crippen LogP contribution in [0.1, 0.15) is 66.0 Å². The van der Waals surface area contributed by atoms with Gasteiger partial charge in [0.1, 0.15) is 18.9 Å². The van der Waals surface area contributed by atoms with Crippen LogP contribution < -0.4 is 19.6 Å². The molecule has 0 bridgehead atoms. The fourth-order valence-electron chi connectivity index (χ4n) is 5.31. The van der Waals surface area contributed by atoms with Crippen LogP contribution in [0, 0.1) is 11.3 Å². The normalized spacial score (nSPS) is 12.0. The first kappa shape index (κ1) is 44.6. The first-order chi connectivity index (χ1) is 23.5. The van der Waals surface area contributed by atoms with Crippen LogP contribution in [-0.4, -0.2) is 68.7 Å². The molecule has 0 fully saturated rings. The molecule has 2 N–H and O–H groups in total. The van der Waals surface area contributed by atoms with E-state index < -0.39 is 13.0 Å². The van der Waals surface area contributed by atoms with E-state index in [9.17, 15) is 0 Å². The van der Waals surface area contributed by atoms with Crippen molar-refractivity contribution in [2.45, 2.75) is 68.0 Å². The third-order valence-electron chi connectivity index (χ3n) is 8.16. The zero-order valence-electron chi connectivity index (χ0n) is 31.8. The summed E-state index contributed by atoms with van der Waals surface area (Å²) >= 11 is -5.62. The van der Waals surface area contributed by atoms with Gasteiger partial charge in [0, 0.05) is 30.9 Å². The van der Waals surface area contributed by atoms with Gasteiger partial charge in [0.15, 0.2) is 5.96 Å². The van der Waals surface area contributed by atoms with Crippen molar-refractivity contribution in [1.29, 1.82) is 0 Å². The SMILES string of the molecule is CC(C)CCNC(=NCC(C)(C)CN(C)C)Nc1ccc(OCc2ccccc2)cc1.CC[N+](CC)(CC)Cc1ccccc1.[O]=[Mn](=[O])(=[O])[O-]. The third-order valence-corrected chi connectivity index (χ3v) is 8.16. The van der Waals surface area contributed by atoms with E-state index in [-0.39, 0.29) is 5.41 Å². The Balaban J connectivity index is 0.000000540. The fourth-order valence-corrected chi connectivity index (χ4v) is 5.31. The van der Waals surface area contributed by atoms with Crippen molar-refractivity contribution in [3.63, 3.8) is 0 Å². The van der Waals surface area contributed by atoms with Gasteiger partial charge in [-0.3, -0.25) is 4.99 Å². The van der Waals surface area contributed by atoms with Crippen LogP contribution in [0.5, 0.6) is 5.75 Å². The second kappa shape index (κ2) is 23.1. The van der Waals surface area contributed by atoms with E-state index in [1.54, 1.807) is 0 Å². The van der Waals surface area contributed by atoms with Crippen molar-refractivity contribution in [1.82, 2.24) is 10.2 Å². The van der Waals surface area contributed by atoms with Crippen molar-refractivity contribution < 1.29 is 37.9 Å². The van der Waals surface area contributed by atoms with Crippen LogP contribution in [0.4, 0.5) is 5.69 Å². The Hall–Kier alpha value is -3.47. The first-order valence-corrected chi connectivity index (χ1v) is 19.4. The minimum absolute atomic E-state index is 0.102. The van der Waals surface area contributed by atoms with Crippen molar-refractivity contribution in [3.8, 4) is 5.75 Å². The number of nitrogens with one attached hydrogen (secondary N) is 2. The molecule has 10 nitrogen and oxygen atoms in total. The number of aliphatic imine (C=N–C) groups is 1. The van der Waals surface area contributed by atoms with Crippen molar-refractivity contribution >= 4 is 11.6 Å². The summed E-state index contributed by atoms with van der Waals surface area (Å²) in [4.78, 5) is 7.09. The summed E-state index contributed by atoms with van der Waals surface area (Å²) in [7, 11) is 4.21. The molecule has 3 rings (SSSR count). The minimum atomic E-state index is -5.62. The first-order valence-electron chi connectivity index (χ1n) is 17.5. The van der Waals surface area contributed by atoms with Crippen LogP contribution in [0.15, 0.2) is 89.9 Å². The predicted octanol–water partition coefficient (Wildman–Crippen LogP) is 6.77. The molecule has 0 aliphatic heterocycles. The Morgan fingerprint density at radius 3 is 1.82 bits per heavy atom. The van der Waals surface area contributed by atoms with Gasteiger partial charge >= 0.3 is 28.7 Å². The Bertz CT molecular complexity index is 1500. The molecule has 0 radical (unpaired) electrons. The van der Waals surface area contributed by atoms with E-state index >= 15 is 0 Å². The van der Waals surface area contributed by atoms with E-state index in [0.29, 0.717) is 12.5 Å². The van der Waals surface area contributed by atoms with E-state index in [0.717, 1.165) is 49.0 Å². The van der Waals surface area contributed by atoms with Gasteiger partial charge in [0.2, 0.25) is 0 Å². The van der Waals surface area contributed by atoms with Gasteiger partial charge in [-0.15, -0.1) is 0 Å². The van der Waals surface area contributed by atoms with Crippen LogP contribution in [0.3, 0.4) is 0 Å². The molecule has 0 unspecified atom stereocenters. The Labute approximate surface area is 303 Å². The maximum absolute atomic E-state index is 8.58. The molecule has 3 aromatic carbocycles. The van der Waals surface area contributed by atoms with Crippen LogP contribution >= 0.6 is 0 Å². The van der Waals surface area contributed by atoms with E-state index in [2.05, 4.69) is 121 Å². The summed E-state index contributed by atoms with van der Waals surface area (Å²) in [5.41, 5.74) is 3.71. The summed E-state index contributed by atoms with van der Waals surface area (Å²) in [6.07, 6.45) is 1.11. The Morgan fingerprint density at radius 1 is 0.860 bits per heavy atom. The predicted molar refractivity (Wildman–Crippen MR) is 197 cm³/mol. The standard InChI is InChI=1S/C26H40N4O.C13H22N.Mn.4O/c1-21(2)16-17-27-25(28-19-26(3,4)20-30(5)6)29-23-12-14-24(15-13-23)31-18-22-10-8-7-9-11-22;1-4-14(5-2,6-3)12-13-10-8-7-9-11-13;;;;;/h7-15,21H,16-20H2,1-6H3,(H2,27,28,29);7-11H,4-6,12H2,1-3H3;;;;;/q;+1;;;;;-1. The zero-order valence-corrected chi connectivity index (χ0v) is 33.0. The molecule has 0 saturated heterocycles. The van der Waals surface area contributed by atoms with Crippen LogP contribution in [0.2, 0.25) is 0 Å². The molecule has 0 aliphatic carbocycles. The van der Waals surface area contributed by atoms with Gasteiger partial charge in [-0.25, -0.2) is 0 Å². The number of rotatable bonds is 16. The number of benzene rings is 3. The van der Waals surface area contributed by atoms with Gasteiger partial charge in [-0.05, 0) is 82.4 Å². The molecule has 3 aromatic rings. The van der Waals surface area contributed by atoms with E-state index in [1.807, 2.05) is 42.5 Å². The number of hydrogen-bond acceptors (Lipinski definition) is 7. The van der Waals surface area contributed by atoms with Gasteiger partial charge in [-0.2, -0.15) is 0 Å². The molecule has 0 aromatic heterocycles. The van der Waals surface area contributed by atoms with Crippen molar-refractivity contribution in [2.75, 3.05) is 58.7 Å². The number of nitrogens with zero attached hydrogens (tertiary/aromatic N) is 3. The fraction of sp³-hybridized carbons (Fsp3) is 0.513. The number of hydrogen-bond donors (Lipinski definition) is 2. The molecule has 11 heteroatoms. The second-order valence-corrected chi connectivity index (χ2v) is 15.1. The average Bonchev–Trinajstić information content (AvgIpc) is 3.05. The molecule has 0 aliphatic rings. The molecule has 0 saturated carbocycles. The van der Waals surface area contributed by atoms with Gasteiger partial charge < -0.3 is 24.8 Å². The van der Waals surface area contributed by atoms with Gasteiger partial charge in [0.05, 0.1) is 19.6 Å². The summed E-state index contributed by atoms with van der Waals surface area (Å²) < 4.78 is 41.4. The Kier molecular flexibility index (Phi) is 20.6. The summed E-state index contributed by atoms with van der Waals surface area (Å²) in [6.45, 7) is 23.9. The van der Waals surface area contributed by atoms with Gasteiger partial charge in [0.25, 0.3) is 0 Å². The monoisotopic (exact) mass is 735 g/mol. The van der Waals surface area contributed by atoms with Crippen molar-refractivity contribution in [3.05, 3.63) is 96.1 Å². The van der Waals surface area contributed by atoms with Crippen molar-refractivity contribution in [2.24, 2.45) is 16.3 Å². The molecule has 0 atom stereocenters. The van der Waals surface area contributed by atoms with E-state index in [4.69, 9.17) is 25.4 Å². The molecule has 0 heterocycles. The number of quaternary nitrogens is 1. The molecule has 50 heavy (non-hydrogen) atoms. The van der Waals surface area contributed by atoms with E-state index in [1.165, 1.54) is 36.2 Å². The zero-order chi connectivity index (χ0) is 37.6. The van der Waals surface area contributed by atoms with Gasteiger partial charge in [-0.1, -0.05) is 88.4 Å². The summed E-state index contributed by atoms with van der Waals surface area (Å²) in [6, 6.07) is 29.1. The average molecular weight is 736 g/mol. The molecular weight excluding hydrogens is 673 g/mol. The molecule has 0 amide bonds. The maximum atomic E-state index is 8.58. The third kappa shape index (κ3) is 21.6. The molecule has 280 valence electrons. The van der Waals surface area contributed by atoms with Crippen LogP contribution in [0.25, 0.3) is 0 Å². The number of guanidine groups is 1. The quantitative estimate of drug-likeness (QED) is 0.0716. The second-order valence-electron chi connectivity index (χ2n) is 13.9. The summed E-state index contributed by atoms with van der Waals surface area (Å²) in [5, 5.41) is 6.93. The number of ether oxygens (including phenoxy) is 1. The summed E-state index contributed by atoms with van der Waals surface area (Å²) in [5.74, 6) is 2.33.